The molecule has 0 spiro atoms. The third-order valence-electron chi connectivity index (χ3n) is 3.33. The van der Waals surface area contributed by atoms with E-state index in [1.165, 1.54) is 28.8 Å². The fraction of sp³-hybridized carbons (Fsp3) is 0.278. The van der Waals surface area contributed by atoms with Crippen molar-refractivity contribution < 1.29 is 14.1 Å². The highest BCUT2D eigenvalue weighted by Crippen LogP contribution is 2.18. The van der Waals surface area contributed by atoms with Gasteiger partial charge in [0.25, 0.3) is 0 Å². The van der Waals surface area contributed by atoms with Crippen molar-refractivity contribution in [3.63, 3.8) is 0 Å². The zero-order valence-corrected chi connectivity index (χ0v) is 14.2. The number of amides is 1. The van der Waals surface area contributed by atoms with Crippen LogP contribution in [0.1, 0.15) is 11.6 Å². The summed E-state index contributed by atoms with van der Waals surface area (Å²) >= 11 is 1.41. The summed E-state index contributed by atoms with van der Waals surface area (Å²) in [6, 6.07) is 16.2. The number of thioether (sulfide) groups is 1. The number of quaternary nitrogens is 1. The molecule has 0 unspecified atom stereocenters. The highest BCUT2D eigenvalue weighted by molar-refractivity contribution is 8.00. The maximum absolute atomic E-state index is 12.9. The summed E-state index contributed by atoms with van der Waals surface area (Å²) in [5, 5.41) is 3.09. The lowest BCUT2D eigenvalue weighted by atomic mass is 10.1. The largest absolute Gasteiger partial charge is 0.343 e. The number of hydrogen-bond acceptors (Lipinski definition) is 2. The Balaban J connectivity index is 1.93. The second-order valence-corrected chi connectivity index (χ2v) is 6.73. The molecule has 122 valence electrons. The van der Waals surface area contributed by atoms with E-state index >= 15 is 0 Å². The van der Waals surface area contributed by atoms with Gasteiger partial charge in [0.05, 0.1) is 19.8 Å². The number of hydrogen-bond donors (Lipinski definition) is 2. The van der Waals surface area contributed by atoms with Gasteiger partial charge in [-0.1, -0.05) is 30.3 Å². The number of benzene rings is 2. The Morgan fingerprint density at radius 2 is 1.78 bits per heavy atom. The number of likely N-dealkylation sites (N-methyl/N-ethyl adjacent to an activating group) is 1. The van der Waals surface area contributed by atoms with Crippen LogP contribution in [0.5, 0.6) is 0 Å². The molecule has 1 atom stereocenters. The third kappa shape index (κ3) is 6.04. The smallest absolute Gasteiger partial charge is 0.231 e. The van der Waals surface area contributed by atoms with E-state index in [0.29, 0.717) is 5.75 Å². The molecule has 0 fully saturated rings. The van der Waals surface area contributed by atoms with Crippen LogP contribution in [0.15, 0.2) is 59.5 Å². The highest BCUT2D eigenvalue weighted by atomic mass is 32.2. The average molecular weight is 333 g/mol. The van der Waals surface area contributed by atoms with Gasteiger partial charge < -0.3 is 10.2 Å². The number of nitrogens with one attached hydrogen (secondary N) is 2. The molecule has 0 aliphatic carbocycles. The van der Waals surface area contributed by atoms with Crippen LogP contribution >= 0.6 is 11.8 Å². The molecule has 2 rings (SSSR count). The lowest BCUT2D eigenvalue weighted by molar-refractivity contribution is -0.860. The van der Waals surface area contributed by atoms with Crippen molar-refractivity contribution in [3.05, 3.63) is 66.0 Å². The summed E-state index contributed by atoms with van der Waals surface area (Å²) < 4.78 is 12.9. The quantitative estimate of drug-likeness (QED) is 0.759. The molecule has 23 heavy (non-hydrogen) atoms. The van der Waals surface area contributed by atoms with Gasteiger partial charge in [-0.2, -0.15) is 0 Å². The number of rotatable bonds is 7. The molecule has 2 N–H and O–H groups in total. The van der Waals surface area contributed by atoms with E-state index in [-0.39, 0.29) is 17.8 Å². The van der Waals surface area contributed by atoms with Crippen molar-refractivity contribution in [2.75, 3.05) is 26.4 Å². The maximum Gasteiger partial charge on any atom is 0.231 e. The van der Waals surface area contributed by atoms with Crippen molar-refractivity contribution >= 4 is 17.7 Å². The summed E-state index contributed by atoms with van der Waals surface area (Å²) in [4.78, 5) is 14.4. The molecule has 2 aromatic carbocycles. The fourth-order valence-corrected chi connectivity index (χ4v) is 2.97. The van der Waals surface area contributed by atoms with Gasteiger partial charge in [0.1, 0.15) is 18.4 Å². The molecule has 5 heteroatoms. The van der Waals surface area contributed by atoms with Gasteiger partial charge in [0, 0.05) is 4.90 Å². The Morgan fingerprint density at radius 1 is 1.13 bits per heavy atom. The van der Waals surface area contributed by atoms with Crippen LogP contribution in [0, 0.1) is 5.82 Å². The summed E-state index contributed by atoms with van der Waals surface area (Å²) in [6.45, 7) is 0.816. The fourth-order valence-electron chi connectivity index (χ4n) is 2.26. The van der Waals surface area contributed by atoms with Crippen LogP contribution in [-0.2, 0) is 4.79 Å². The van der Waals surface area contributed by atoms with Gasteiger partial charge in [0.15, 0.2) is 0 Å². The lowest BCUT2D eigenvalue weighted by Gasteiger charge is -2.20. The topological polar surface area (TPSA) is 33.5 Å². The van der Waals surface area contributed by atoms with Gasteiger partial charge in [-0.3, -0.25) is 4.79 Å². The Hall–Kier alpha value is -1.85. The molecule has 0 radical (unpaired) electrons. The van der Waals surface area contributed by atoms with Crippen LogP contribution in [-0.4, -0.2) is 32.3 Å². The highest BCUT2D eigenvalue weighted by Gasteiger charge is 2.17. The van der Waals surface area contributed by atoms with Crippen molar-refractivity contribution in [1.82, 2.24) is 5.32 Å². The maximum atomic E-state index is 12.9. The van der Waals surface area contributed by atoms with E-state index in [9.17, 15) is 9.18 Å². The van der Waals surface area contributed by atoms with Crippen LogP contribution in [0.3, 0.4) is 0 Å². The second kappa shape index (κ2) is 8.70. The molecular weight excluding hydrogens is 311 g/mol. The molecule has 0 saturated heterocycles. The van der Waals surface area contributed by atoms with Crippen molar-refractivity contribution in [2.24, 2.45) is 0 Å². The molecular formula is C18H22FN2OS+. The minimum atomic E-state index is -0.267. The van der Waals surface area contributed by atoms with Crippen molar-refractivity contribution in [3.8, 4) is 0 Å². The summed E-state index contributed by atoms with van der Waals surface area (Å²) in [5.74, 6) is 0.0314. The molecule has 1 amide bonds. The zero-order valence-electron chi connectivity index (χ0n) is 13.4. The first-order valence-corrected chi connectivity index (χ1v) is 8.55. The predicted octanol–water partition coefficient (Wildman–Crippen LogP) is 1.92. The third-order valence-corrected chi connectivity index (χ3v) is 4.35. The molecule has 0 heterocycles. The summed E-state index contributed by atoms with van der Waals surface area (Å²) in [7, 11) is 4.13. The van der Waals surface area contributed by atoms with E-state index in [2.05, 4.69) is 19.4 Å². The first kappa shape index (κ1) is 17.5. The summed E-state index contributed by atoms with van der Waals surface area (Å²) in [5.41, 5.74) is 1.11. The van der Waals surface area contributed by atoms with Crippen molar-refractivity contribution in [1.29, 1.82) is 0 Å². The minimum absolute atomic E-state index is 0.0116. The van der Waals surface area contributed by atoms with Gasteiger partial charge >= 0.3 is 0 Å². The van der Waals surface area contributed by atoms with Gasteiger partial charge in [-0.05, 0) is 29.8 Å². The lowest BCUT2D eigenvalue weighted by Crippen LogP contribution is -3.06. The van der Waals surface area contributed by atoms with Crippen LogP contribution in [0.25, 0.3) is 0 Å². The number of carbonyl (C=O) groups excluding carboxylic acids is 1. The molecule has 0 aliphatic rings. The SMILES string of the molecule is C[NH+](C)C[C@H](NC(=O)CSc1ccc(F)cc1)c1ccccc1. The Labute approximate surface area is 140 Å². The normalized spacial score (nSPS) is 12.2. The van der Waals surface area contributed by atoms with Crippen LogP contribution < -0.4 is 10.2 Å². The van der Waals surface area contributed by atoms with E-state index in [4.69, 9.17) is 0 Å². The zero-order chi connectivity index (χ0) is 16.7. The van der Waals surface area contributed by atoms with E-state index in [0.717, 1.165) is 17.0 Å². The average Bonchev–Trinajstić information content (AvgIpc) is 2.54. The standard InChI is InChI=1S/C18H21FN2OS/c1-21(2)12-17(14-6-4-3-5-7-14)20-18(22)13-23-16-10-8-15(19)9-11-16/h3-11,17H,12-13H2,1-2H3,(H,20,22)/p+1/t17-/m0/s1. The molecule has 0 aliphatic heterocycles. The first-order chi connectivity index (χ1) is 11.0. The monoisotopic (exact) mass is 333 g/mol. The van der Waals surface area contributed by atoms with Crippen LogP contribution in [0.4, 0.5) is 4.39 Å². The molecule has 0 bridgehead atoms. The van der Waals surface area contributed by atoms with Gasteiger partial charge in [-0.25, -0.2) is 4.39 Å². The summed E-state index contributed by atoms with van der Waals surface area (Å²) in [6.07, 6.45) is 0. The Bertz CT molecular complexity index is 617. The minimum Gasteiger partial charge on any atom is -0.343 e. The molecule has 2 aromatic rings. The molecule has 0 aromatic heterocycles. The second-order valence-electron chi connectivity index (χ2n) is 5.68. The number of halogens is 1. The van der Waals surface area contributed by atoms with Crippen LogP contribution in [0.2, 0.25) is 0 Å². The predicted molar refractivity (Wildman–Crippen MR) is 92.1 cm³/mol. The van der Waals surface area contributed by atoms with E-state index < -0.39 is 0 Å². The van der Waals surface area contributed by atoms with Gasteiger partial charge in [-0.15, -0.1) is 11.8 Å². The van der Waals surface area contributed by atoms with Gasteiger partial charge in [0.2, 0.25) is 5.91 Å². The molecule has 0 saturated carbocycles. The van der Waals surface area contributed by atoms with E-state index in [1.54, 1.807) is 12.1 Å². The van der Waals surface area contributed by atoms with Crippen molar-refractivity contribution in [2.45, 2.75) is 10.9 Å². The number of carbonyl (C=O) groups is 1. The Morgan fingerprint density at radius 3 is 2.39 bits per heavy atom. The van der Waals surface area contributed by atoms with E-state index in [1.807, 2.05) is 30.3 Å². The Kier molecular flexibility index (Phi) is 6.62. The molecule has 3 nitrogen and oxygen atoms in total. The first-order valence-electron chi connectivity index (χ1n) is 7.56.